The number of hydrogen-bond donors (Lipinski definition) is 0. The van der Waals surface area contributed by atoms with Crippen molar-refractivity contribution in [3.8, 4) is 11.5 Å². The van der Waals surface area contributed by atoms with E-state index >= 15 is 0 Å². The van der Waals surface area contributed by atoms with Crippen LogP contribution in [0, 0.1) is 0 Å². The molecule has 2 aliphatic heterocycles. The maximum atomic E-state index is 6.33. The minimum absolute atomic E-state index is 0.399. The summed E-state index contributed by atoms with van der Waals surface area (Å²) in [5.41, 5.74) is 3.90. The zero-order chi connectivity index (χ0) is 17.5. The Kier molecular flexibility index (Phi) is 3.96. The summed E-state index contributed by atoms with van der Waals surface area (Å²) < 4.78 is 6.27. The van der Waals surface area contributed by atoms with E-state index in [4.69, 9.17) is 16.3 Å². The van der Waals surface area contributed by atoms with Crippen LogP contribution in [-0.2, 0) is 6.54 Å². The Morgan fingerprint density at radius 1 is 0.808 bits per heavy atom. The van der Waals surface area contributed by atoms with E-state index in [1.807, 2.05) is 18.2 Å². The zero-order valence-corrected chi connectivity index (χ0v) is 15.2. The van der Waals surface area contributed by atoms with E-state index in [1.165, 1.54) is 16.7 Å². The van der Waals surface area contributed by atoms with Crippen LogP contribution >= 0.6 is 11.6 Å². The number of nitrogens with zero attached hydrogens (tertiary/aromatic N) is 1. The Morgan fingerprint density at radius 3 is 2.35 bits per heavy atom. The molecule has 26 heavy (non-hydrogen) atoms. The molecule has 2 atom stereocenters. The first-order chi connectivity index (χ1) is 12.8. The summed E-state index contributed by atoms with van der Waals surface area (Å²) in [6, 6.07) is 25.2. The summed E-state index contributed by atoms with van der Waals surface area (Å²) in [6.07, 6.45) is 0. The van der Waals surface area contributed by atoms with Gasteiger partial charge in [0.1, 0.15) is 11.5 Å². The van der Waals surface area contributed by atoms with Gasteiger partial charge in [0, 0.05) is 42.1 Å². The quantitative estimate of drug-likeness (QED) is 0.569. The van der Waals surface area contributed by atoms with E-state index in [1.54, 1.807) is 0 Å². The number of halogens is 1. The van der Waals surface area contributed by atoms with Gasteiger partial charge in [0.05, 0.1) is 0 Å². The van der Waals surface area contributed by atoms with Crippen molar-refractivity contribution in [2.75, 3.05) is 13.1 Å². The predicted octanol–water partition coefficient (Wildman–Crippen LogP) is 5.83. The van der Waals surface area contributed by atoms with Gasteiger partial charge in [-0.2, -0.15) is 0 Å². The van der Waals surface area contributed by atoms with Crippen molar-refractivity contribution in [3.63, 3.8) is 0 Å². The van der Waals surface area contributed by atoms with E-state index in [2.05, 4.69) is 59.5 Å². The molecule has 0 bridgehead atoms. The highest BCUT2D eigenvalue weighted by Crippen LogP contribution is 2.50. The molecule has 2 nitrogen and oxygen atoms in total. The number of rotatable bonds is 2. The van der Waals surface area contributed by atoms with Crippen LogP contribution in [0.4, 0.5) is 0 Å². The smallest absolute Gasteiger partial charge is 0.131 e. The highest BCUT2D eigenvalue weighted by Gasteiger charge is 2.39. The van der Waals surface area contributed by atoms with Crippen LogP contribution in [0.5, 0.6) is 11.5 Å². The average Bonchev–Trinajstić information content (AvgIpc) is 3.03. The lowest BCUT2D eigenvalue weighted by Gasteiger charge is -2.18. The Hall–Kier alpha value is -2.29. The van der Waals surface area contributed by atoms with Crippen LogP contribution in [0.2, 0.25) is 5.02 Å². The number of hydrogen-bond acceptors (Lipinski definition) is 2. The van der Waals surface area contributed by atoms with Gasteiger partial charge in [0.15, 0.2) is 0 Å². The van der Waals surface area contributed by atoms with Crippen molar-refractivity contribution in [2.45, 2.75) is 18.4 Å². The Morgan fingerprint density at radius 2 is 1.50 bits per heavy atom. The minimum atomic E-state index is 0.399. The molecule has 0 spiro atoms. The van der Waals surface area contributed by atoms with Gasteiger partial charge in [0.25, 0.3) is 0 Å². The van der Waals surface area contributed by atoms with E-state index in [9.17, 15) is 0 Å². The molecule has 130 valence electrons. The second kappa shape index (κ2) is 6.46. The number of para-hydroxylation sites is 1. The van der Waals surface area contributed by atoms with Gasteiger partial charge in [-0.15, -0.1) is 0 Å². The van der Waals surface area contributed by atoms with E-state index in [0.29, 0.717) is 11.8 Å². The third kappa shape index (κ3) is 2.80. The summed E-state index contributed by atoms with van der Waals surface area (Å²) >= 11 is 6.33. The molecular weight excluding hydrogens is 342 g/mol. The zero-order valence-electron chi connectivity index (χ0n) is 14.4. The lowest BCUT2D eigenvalue weighted by atomic mass is 9.84. The molecular formula is C23H20ClNO. The second-order valence-electron chi connectivity index (χ2n) is 7.21. The molecule has 0 amide bonds. The molecule has 3 aromatic rings. The molecule has 1 fully saturated rings. The van der Waals surface area contributed by atoms with E-state index in [-0.39, 0.29) is 0 Å². The Bertz CT molecular complexity index is 940. The van der Waals surface area contributed by atoms with Crippen LogP contribution in [0.15, 0.2) is 72.8 Å². The average molecular weight is 362 g/mol. The van der Waals surface area contributed by atoms with Crippen LogP contribution < -0.4 is 4.74 Å². The van der Waals surface area contributed by atoms with Crippen molar-refractivity contribution in [1.82, 2.24) is 4.90 Å². The molecule has 1 saturated heterocycles. The van der Waals surface area contributed by atoms with Gasteiger partial charge in [-0.05, 0) is 35.4 Å². The molecule has 3 heteroatoms. The molecule has 1 unspecified atom stereocenters. The maximum absolute atomic E-state index is 6.33. The Labute approximate surface area is 159 Å². The second-order valence-corrected chi connectivity index (χ2v) is 7.65. The number of benzene rings is 3. The van der Waals surface area contributed by atoms with Crippen LogP contribution in [-0.4, -0.2) is 18.0 Å². The molecule has 2 heterocycles. The first kappa shape index (κ1) is 15.9. The molecule has 5 rings (SSSR count). The molecule has 3 aromatic carbocycles. The summed E-state index contributed by atoms with van der Waals surface area (Å²) in [6.45, 7) is 3.03. The molecule has 0 aromatic heterocycles. The maximum Gasteiger partial charge on any atom is 0.131 e. The van der Waals surface area contributed by atoms with Gasteiger partial charge >= 0.3 is 0 Å². The first-order valence-electron chi connectivity index (χ1n) is 9.10. The highest BCUT2D eigenvalue weighted by atomic mass is 35.5. The van der Waals surface area contributed by atoms with E-state index in [0.717, 1.165) is 36.2 Å². The third-order valence-electron chi connectivity index (χ3n) is 5.55. The van der Waals surface area contributed by atoms with Gasteiger partial charge < -0.3 is 4.74 Å². The van der Waals surface area contributed by atoms with Crippen molar-refractivity contribution >= 4 is 11.6 Å². The molecule has 0 radical (unpaired) electrons. The van der Waals surface area contributed by atoms with Crippen LogP contribution in [0.1, 0.15) is 28.5 Å². The number of likely N-dealkylation sites (tertiary alicyclic amines) is 1. The van der Waals surface area contributed by atoms with Crippen molar-refractivity contribution in [1.29, 1.82) is 0 Å². The molecule has 0 saturated carbocycles. The molecule has 2 aliphatic rings. The fraction of sp³-hybridized carbons (Fsp3) is 0.217. The van der Waals surface area contributed by atoms with Crippen molar-refractivity contribution in [3.05, 3.63) is 94.5 Å². The minimum Gasteiger partial charge on any atom is -0.457 e. The van der Waals surface area contributed by atoms with Gasteiger partial charge in [-0.1, -0.05) is 60.1 Å². The monoisotopic (exact) mass is 361 g/mol. The lowest BCUT2D eigenvalue weighted by Crippen LogP contribution is -2.20. The summed E-state index contributed by atoms with van der Waals surface area (Å²) in [5.74, 6) is 2.74. The first-order valence-corrected chi connectivity index (χ1v) is 9.48. The molecule has 0 aliphatic carbocycles. The van der Waals surface area contributed by atoms with Gasteiger partial charge in [-0.25, -0.2) is 0 Å². The third-order valence-corrected chi connectivity index (χ3v) is 5.79. The molecule has 0 N–H and O–H groups in total. The van der Waals surface area contributed by atoms with Crippen molar-refractivity contribution < 1.29 is 4.74 Å². The largest absolute Gasteiger partial charge is 0.457 e. The van der Waals surface area contributed by atoms with Gasteiger partial charge in [0.2, 0.25) is 0 Å². The summed E-state index contributed by atoms with van der Waals surface area (Å²) in [5, 5.41) is 0.776. The standard InChI is InChI=1S/C23H20ClNO/c24-17-10-11-23-19(12-17)21-15-25(13-16-6-2-1-3-7-16)14-20(21)18-8-4-5-9-22(18)26-23/h1-12,20-21H,13-15H2/t20-,21?/m1/s1. The van der Waals surface area contributed by atoms with Crippen LogP contribution in [0.3, 0.4) is 0 Å². The number of fused-ring (bicyclic) bond motifs is 5. The fourth-order valence-electron chi connectivity index (χ4n) is 4.39. The predicted molar refractivity (Wildman–Crippen MR) is 105 cm³/mol. The lowest BCUT2D eigenvalue weighted by molar-refractivity contribution is 0.321. The van der Waals surface area contributed by atoms with Crippen molar-refractivity contribution in [2.24, 2.45) is 0 Å². The topological polar surface area (TPSA) is 12.5 Å². The van der Waals surface area contributed by atoms with Crippen LogP contribution in [0.25, 0.3) is 0 Å². The number of ether oxygens (including phenoxy) is 1. The summed E-state index contributed by atoms with van der Waals surface area (Å²) in [7, 11) is 0. The summed E-state index contributed by atoms with van der Waals surface area (Å²) in [4.78, 5) is 2.55. The Balaban J connectivity index is 1.55. The van der Waals surface area contributed by atoms with E-state index < -0.39 is 0 Å². The fourth-order valence-corrected chi connectivity index (χ4v) is 4.57. The normalized spacial score (nSPS) is 21.3. The van der Waals surface area contributed by atoms with Gasteiger partial charge in [-0.3, -0.25) is 4.90 Å². The SMILES string of the molecule is Clc1ccc2c(c1)C1CN(Cc3ccccc3)C[C@@H]1c1ccccc1O2. The highest BCUT2D eigenvalue weighted by molar-refractivity contribution is 6.30.